The summed E-state index contributed by atoms with van der Waals surface area (Å²) in [5.74, 6) is 6.74. The zero-order valence-electron chi connectivity index (χ0n) is 26.7. The van der Waals surface area contributed by atoms with Crippen LogP contribution in [0.25, 0.3) is 0 Å². The molecule has 3 heteroatoms. The zero-order chi connectivity index (χ0) is 30.3. The van der Waals surface area contributed by atoms with Gasteiger partial charge in [0.1, 0.15) is 0 Å². The number of allylic oxidation sites excluding steroid dienone is 16. The summed E-state index contributed by atoms with van der Waals surface area (Å²) in [7, 11) is 0. The Balaban J connectivity index is 0.000000176. The molecule has 0 radical (unpaired) electrons. The summed E-state index contributed by atoms with van der Waals surface area (Å²) in [6.45, 7) is 4.64. The van der Waals surface area contributed by atoms with Crippen molar-refractivity contribution in [2.24, 2.45) is 47.3 Å². The fourth-order valence-electron chi connectivity index (χ4n) is 8.14. The van der Waals surface area contributed by atoms with Gasteiger partial charge in [-0.3, -0.25) is 6.08 Å². The summed E-state index contributed by atoms with van der Waals surface area (Å²) in [5.41, 5.74) is 2.85. The van der Waals surface area contributed by atoms with Crippen LogP contribution >= 0.6 is 0 Å². The van der Waals surface area contributed by atoms with Crippen LogP contribution in [0, 0.1) is 59.8 Å². The van der Waals surface area contributed by atoms with Gasteiger partial charge < -0.3 is 31.2 Å². The minimum Gasteiger partial charge on any atom is -1.00 e. The molecule has 10 atom stereocenters. The molecular formula is C43H44Cl2Zr-2. The second-order valence-electron chi connectivity index (χ2n) is 12.8. The molecule has 0 aromatic heterocycles. The normalized spacial score (nSPS) is 30.9. The second-order valence-corrected chi connectivity index (χ2v) is 14.3. The first kappa shape index (κ1) is 36.5. The minimum atomic E-state index is 0. The predicted octanol–water partition coefficient (Wildman–Crippen LogP) is 4.15. The molecule has 2 aromatic carbocycles. The number of hydrogen-bond acceptors (Lipinski definition) is 0. The molecule has 0 nitrogen and oxygen atoms in total. The average molecular weight is 723 g/mol. The third-order valence-electron chi connectivity index (χ3n) is 10.5. The molecule has 0 amide bonds. The van der Waals surface area contributed by atoms with Crippen molar-refractivity contribution in [1.82, 2.24) is 0 Å². The van der Waals surface area contributed by atoms with Crippen molar-refractivity contribution in [3.8, 4) is 0 Å². The number of fused-ring (bicyclic) bond motifs is 8. The zero-order valence-corrected chi connectivity index (χ0v) is 30.7. The maximum Gasteiger partial charge on any atom is -0.109 e. The van der Waals surface area contributed by atoms with E-state index < -0.39 is 0 Å². The standard InChI is InChI=1S/C21H21.C17H18.C5H5.2ClH.Zr/c1-2-8-15-14(7-1)13-20-18-11-4-3-9-16(18)17-10-5-6-12-19(17)21(15)20;1-14(16-9-5-3-6-10-16)13-15(2)17-11-7-4-8-12-17;1-2-4-5-3-1;;;/h1-21H;3-12,14-15H,1-2H3;1-3H,4H2;2*1H;/q-1;;-1;;;+2/p-2. The molecule has 0 saturated heterocycles. The van der Waals surface area contributed by atoms with E-state index in [9.17, 15) is 0 Å². The van der Waals surface area contributed by atoms with Gasteiger partial charge in [-0.1, -0.05) is 72.8 Å². The van der Waals surface area contributed by atoms with Crippen LogP contribution in [-0.4, -0.2) is 3.21 Å². The summed E-state index contributed by atoms with van der Waals surface area (Å²) >= 11 is 1.54. The van der Waals surface area contributed by atoms with Crippen molar-refractivity contribution in [1.29, 1.82) is 0 Å². The summed E-state index contributed by atoms with van der Waals surface area (Å²) < 4.78 is 1.61. The van der Waals surface area contributed by atoms with E-state index in [1.165, 1.54) is 11.1 Å². The molecule has 0 N–H and O–H groups in total. The van der Waals surface area contributed by atoms with Crippen LogP contribution < -0.4 is 24.8 Å². The molecule has 0 heterocycles. The Morgan fingerprint density at radius 1 is 0.630 bits per heavy atom. The summed E-state index contributed by atoms with van der Waals surface area (Å²) in [6.07, 6.45) is 41.0. The number of hydrogen-bond donors (Lipinski definition) is 0. The molecular weight excluding hydrogens is 679 g/mol. The Bertz CT molecular complexity index is 1450. The largest absolute Gasteiger partial charge is 1.00 e. The molecule has 46 heavy (non-hydrogen) atoms. The van der Waals surface area contributed by atoms with Gasteiger partial charge in [0.2, 0.25) is 0 Å². The third-order valence-corrected chi connectivity index (χ3v) is 12.6. The van der Waals surface area contributed by atoms with Crippen LogP contribution in [0.4, 0.5) is 0 Å². The van der Waals surface area contributed by atoms with Crippen LogP contribution in [0.5, 0.6) is 0 Å². The fourth-order valence-corrected chi connectivity index (χ4v) is 8.96. The quantitative estimate of drug-likeness (QED) is 0.417. The molecule has 10 unspecified atom stereocenters. The van der Waals surface area contributed by atoms with E-state index in [-0.39, 0.29) is 24.8 Å². The fraction of sp³-hybridized carbons (Fsp3) is 0.302. The molecule has 0 aliphatic heterocycles. The first-order valence-electron chi connectivity index (χ1n) is 16.4. The van der Waals surface area contributed by atoms with E-state index in [1.54, 1.807) is 27.4 Å². The first-order chi connectivity index (χ1) is 21.6. The van der Waals surface area contributed by atoms with Gasteiger partial charge in [0.15, 0.2) is 0 Å². The Morgan fingerprint density at radius 2 is 1.11 bits per heavy atom. The molecule has 0 bridgehead atoms. The Labute approximate surface area is 305 Å². The van der Waals surface area contributed by atoms with Gasteiger partial charge >= 0.3 is 125 Å². The smallest absolute Gasteiger partial charge is 0.109 e. The monoisotopic (exact) mass is 720 g/mol. The molecule has 2 fully saturated rings. The van der Waals surface area contributed by atoms with Gasteiger partial charge in [-0.15, -0.1) is 18.4 Å². The van der Waals surface area contributed by atoms with Gasteiger partial charge in [-0.2, -0.15) is 12.0 Å². The number of rotatable bonds is 4. The van der Waals surface area contributed by atoms with E-state index in [1.807, 2.05) is 12.2 Å². The van der Waals surface area contributed by atoms with Crippen LogP contribution in [0.15, 0.2) is 152 Å². The van der Waals surface area contributed by atoms with Gasteiger partial charge in [0.25, 0.3) is 0 Å². The van der Waals surface area contributed by atoms with Gasteiger partial charge in [-0.25, -0.2) is 12.2 Å². The molecule has 6 aliphatic rings. The molecule has 8 rings (SSSR count). The molecule has 2 aromatic rings. The molecule has 0 spiro atoms. The maximum absolute atomic E-state index is 2.99. The van der Waals surface area contributed by atoms with Gasteiger partial charge in [0, 0.05) is 0 Å². The average Bonchev–Trinajstić information content (AvgIpc) is 3.81. The van der Waals surface area contributed by atoms with Crippen molar-refractivity contribution in [2.75, 3.05) is 0 Å². The summed E-state index contributed by atoms with van der Waals surface area (Å²) in [4.78, 5) is 0. The van der Waals surface area contributed by atoms with Crippen LogP contribution in [0.3, 0.4) is 0 Å². The van der Waals surface area contributed by atoms with Gasteiger partial charge in [0.05, 0.1) is 0 Å². The minimum absolute atomic E-state index is 0. The second kappa shape index (κ2) is 17.7. The SMILES string of the molecule is C1=CC2[CH-]C3C4C=CC=CC4C4C=CC=CC4C3C2C=C1.CC([C](=[Zr+2])C(C)c1ccccc1)c1ccccc1.[C-]1=CC=CC1.[Cl-].[Cl-]. The van der Waals surface area contributed by atoms with Gasteiger partial charge in [-0.05, 0) is 29.6 Å². The van der Waals surface area contributed by atoms with E-state index in [4.69, 9.17) is 0 Å². The van der Waals surface area contributed by atoms with E-state index in [0.717, 1.165) is 18.3 Å². The van der Waals surface area contributed by atoms with Crippen LogP contribution in [0.1, 0.15) is 43.2 Å². The molecule has 2 saturated carbocycles. The van der Waals surface area contributed by atoms with Crippen molar-refractivity contribution in [2.45, 2.75) is 32.1 Å². The summed E-state index contributed by atoms with van der Waals surface area (Å²) in [5, 5.41) is 0. The van der Waals surface area contributed by atoms with Crippen molar-refractivity contribution in [3.63, 3.8) is 0 Å². The van der Waals surface area contributed by atoms with Crippen molar-refractivity contribution < 1.29 is 49.0 Å². The van der Waals surface area contributed by atoms with Crippen molar-refractivity contribution >= 4 is 3.21 Å². The molecule has 6 aliphatic carbocycles. The Hall–Kier alpha value is -2.31. The predicted molar refractivity (Wildman–Crippen MR) is 183 cm³/mol. The van der Waals surface area contributed by atoms with E-state index in [2.05, 4.69) is 166 Å². The number of halogens is 2. The Morgan fingerprint density at radius 3 is 1.61 bits per heavy atom. The van der Waals surface area contributed by atoms with Crippen LogP contribution in [-0.2, 0) is 24.2 Å². The third kappa shape index (κ3) is 8.21. The van der Waals surface area contributed by atoms with E-state index in [0.29, 0.717) is 47.3 Å². The topological polar surface area (TPSA) is 0 Å². The van der Waals surface area contributed by atoms with E-state index >= 15 is 0 Å². The van der Waals surface area contributed by atoms with Crippen LogP contribution in [0.2, 0.25) is 0 Å². The molecule has 236 valence electrons. The number of benzene rings is 2. The Kier molecular flexibility index (Phi) is 14.1. The first-order valence-corrected chi connectivity index (χ1v) is 17.7. The maximum atomic E-state index is 2.99. The summed E-state index contributed by atoms with van der Waals surface area (Å²) in [6, 6.07) is 21.6. The van der Waals surface area contributed by atoms with Crippen molar-refractivity contribution in [3.05, 3.63) is 175 Å².